The summed E-state index contributed by atoms with van der Waals surface area (Å²) in [5.74, 6) is -0.675. The molecule has 32 heavy (non-hydrogen) atoms. The lowest BCUT2D eigenvalue weighted by Crippen LogP contribution is -2.34. The predicted octanol–water partition coefficient (Wildman–Crippen LogP) is 9.68. The molecule has 0 spiro atoms. The maximum atomic E-state index is 9.96. The number of carbonyl (C=O) groups is 1. The molecule has 194 valence electrons. The normalized spacial score (nSPS) is 12.8. The van der Waals surface area contributed by atoms with Crippen LogP contribution in [0.4, 0.5) is 0 Å². The third-order valence-corrected chi connectivity index (χ3v) is 6.29. The molecule has 0 aliphatic rings. The van der Waals surface area contributed by atoms with Crippen molar-refractivity contribution in [3.05, 3.63) is 0 Å². The summed E-state index contributed by atoms with van der Waals surface area (Å²) in [4.78, 5) is 9.96. The maximum Gasteiger partial charge on any atom is 0.303 e. The van der Waals surface area contributed by atoms with Crippen molar-refractivity contribution in [3.8, 4) is 0 Å². The highest BCUT2D eigenvalue weighted by atomic mass is 16.4. The lowest BCUT2D eigenvalue weighted by atomic mass is 10.0. The van der Waals surface area contributed by atoms with Gasteiger partial charge in [-0.25, -0.2) is 0 Å². The minimum atomic E-state index is -0.675. The zero-order valence-corrected chi connectivity index (χ0v) is 22.9. The molecule has 0 aromatic carbocycles. The van der Waals surface area contributed by atoms with Crippen molar-refractivity contribution in [2.75, 3.05) is 0 Å². The van der Waals surface area contributed by atoms with Gasteiger partial charge >= 0.3 is 5.97 Å². The lowest BCUT2D eigenvalue weighted by molar-refractivity contribution is -0.137. The van der Waals surface area contributed by atoms with Crippen LogP contribution >= 0.6 is 0 Å². The van der Waals surface area contributed by atoms with Crippen LogP contribution in [-0.4, -0.2) is 23.2 Å². The minimum absolute atomic E-state index is 0.333. The van der Waals surface area contributed by atoms with E-state index >= 15 is 0 Å². The van der Waals surface area contributed by atoms with E-state index in [1.54, 1.807) is 0 Å². The van der Waals surface area contributed by atoms with Crippen LogP contribution in [0.1, 0.15) is 169 Å². The van der Waals surface area contributed by atoms with Crippen LogP contribution in [0.2, 0.25) is 0 Å². The third-order valence-electron chi connectivity index (χ3n) is 6.29. The van der Waals surface area contributed by atoms with Crippen LogP contribution in [0.15, 0.2) is 0 Å². The fraction of sp³-hybridized carbons (Fsp3) is 0.966. The Bertz CT molecular complexity index is 337. The Morgan fingerprint density at radius 2 is 0.875 bits per heavy atom. The van der Waals surface area contributed by atoms with E-state index in [0.717, 1.165) is 19.3 Å². The van der Waals surface area contributed by atoms with E-state index in [-0.39, 0.29) is 0 Å². The van der Waals surface area contributed by atoms with Gasteiger partial charge in [0.2, 0.25) is 0 Å². The standard InChI is InChI=1S/C22H47N.C7H14O2/c1-5-7-9-11-13-15-17-19-21(3)23-22(4)20-18-16-14-12-10-8-6-2;1-2-3-4-5-6-7(8)9/h21-23H,5-20H2,1-4H3;2-6H2,1H3,(H,8,9). The van der Waals surface area contributed by atoms with Crippen LogP contribution in [0.5, 0.6) is 0 Å². The lowest BCUT2D eigenvalue weighted by Gasteiger charge is -2.20. The quantitative estimate of drug-likeness (QED) is 0.151. The van der Waals surface area contributed by atoms with Crippen molar-refractivity contribution in [1.29, 1.82) is 0 Å². The summed E-state index contributed by atoms with van der Waals surface area (Å²) in [6.45, 7) is 11.4. The van der Waals surface area contributed by atoms with E-state index in [4.69, 9.17) is 5.11 Å². The van der Waals surface area contributed by atoms with Gasteiger partial charge in [-0.15, -0.1) is 0 Å². The molecular weight excluding hydrogens is 394 g/mol. The summed E-state index contributed by atoms with van der Waals surface area (Å²) in [5, 5.41) is 12.0. The summed E-state index contributed by atoms with van der Waals surface area (Å²) >= 11 is 0. The number of rotatable bonds is 23. The molecule has 2 atom stereocenters. The smallest absolute Gasteiger partial charge is 0.303 e. The van der Waals surface area contributed by atoms with Gasteiger partial charge in [-0.2, -0.15) is 0 Å². The molecule has 0 aromatic rings. The molecule has 0 saturated heterocycles. The number of unbranched alkanes of at least 4 members (excludes halogenated alkanes) is 15. The molecule has 0 aromatic heterocycles. The van der Waals surface area contributed by atoms with Crippen molar-refractivity contribution >= 4 is 5.97 Å². The number of carboxylic acid groups (broad SMARTS) is 1. The first-order chi connectivity index (χ1) is 15.5. The molecule has 0 heterocycles. The summed E-state index contributed by atoms with van der Waals surface area (Å²) in [7, 11) is 0. The van der Waals surface area contributed by atoms with E-state index in [2.05, 4.69) is 39.9 Å². The summed E-state index contributed by atoms with van der Waals surface area (Å²) < 4.78 is 0. The van der Waals surface area contributed by atoms with Gasteiger partial charge in [0.25, 0.3) is 0 Å². The predicted molar refractivity (Wildman–Crippen MR) is 144 cm³/mol. The highest BCUT2D eigenvalue weighted by Gasteiger charge is 2.07. The van der Waals surface area contributed by atoms with Gasteiger partial charge in [0.1, 0.15) is 0 Å². The number of hydrogen-bond donors (Lipinski definition) is 2. The van der Waals surface area contributed by atoms with Crippen molar-refractivity contribution < 1.29 is 9.90 Å². The second-order valence-corrected chi connectivity index (χ2v) is 9.99. The molecule has 2 unspecified atom stereocenters. The molecule has 2 N–H and O–H groups in total. The first-order valence-electron chi connectivity index (χ1n) is 14.5. The number of aliphatic carboxylic acids is 1. The monoisotopic (exact) mass is 455 g/mol. The van der Waals surface area contributed by atoms with E-state index < -0.39 is 5.97 Å². The minimum Gasteiger partial charge on any atom is -0.481 e. The van der Waals surface area contributed by atoms with E-state index in [9.17, 15) is 4.79 Å². The van der Waals surface area contributed by atoms with Crippen molar-refractivity contribution in [2.45, 2.75) is 182 Å². The first-order valence-corrected chi connectivity index (χ1v) is 14.5. The number of carboxylic acids is 1. The van der Waals surface area contributed by atoms with Crippen LogP contribution < -0.4 is 5.32 Å². The molecule has 0 radical (unpaired) electrons. The highest BCUT2D eigenvalue weighted by molar-refractivity contribution is 5.66. The van der Waals surface area contributed by atoms with E-state index in [1.807, 2.05) is 0 Å². The molecule has 3 nitrogen and oxygen atoms in total. The van der Waals surface area contributed by atoms with Gasteiger partial charge in [0.15, 0.2) is 0 Å². The Labute approximate surface area is 202 Å². The first kappa shape index (κ1) is 33.6. The molecule has 0 amide bonds. The van der Waals surface area contributed by atoms with Gasteiger partial charge in [-0.05, 0) is 33.1 Å². The molecule has 3 heteroatoms. The summed E-state index contributed by atoms with van der Waals surface area (Å²) in [6.07, 6.45) is 27.2. The fourth-order valence-electron chi connectivity index (χ4n) is 4.17. The Hall–Kier alpha value is -0.570. The van der Waals surface area contributed by atoms with Crippen molar-refractivity contribution in [2.24, 2.45) is 0 Å². The van der Waals surface area contributed by atoms with Crippen molar-refractivity contribution in [3.63, 3.8) is 0 Å². The zero-order valence-electron chi connectivity index (χ0n) is 22.9. The maximum absolute atomic E-state index is 9.96. The van der Waals surface area contributed by atoms with Gasteiger partial charge in [0, 0.05) is 18.5 Å². The Balaban J connectivity index is 0. The fourth-order valence-corrected chi connectivity index (χ4v) is 4.17. The third kappa shape index (κ3) is 31.6. The Morgan fingerprint density at radius 3 is 1.22 bits per heavy atom. The van der Waals surface area contributed by atoms with Gasteiger partial charge in [0.05, 0.1) is 0 Å². The van der Waals surface area contributed by atoms with Crippen LogP contribution in [-0.2, 0) is 4.79 Å². The SMILES string of the molecule is CCCCCCC(=O)O.CCCCCCCCCC(C)NC(C)CCCCCCCCC. The van der Waals surface area contributed by atoms with E-state index in [1.165, 1.54) is 109 Å². The summed E-state index contributed by atoms with van der Waals surface area (Å²) in [6, 6.07) is 1.40. The molecule has 0 bridgehead atoms. The average molecular weight is 456 g/mol. The highest BCUT2D eigenvalue weighted by Crippen LogP contribution is 2.12. The van der Waals surface area contributed by atoms with Gasteiger partial charge < -0.3 is 10.4 Å². The van der Waals surface area contributed by atoms with Crippen LogP contribution in [0.25, 0.3) is 0 Å². The van der Waals surface area contributed by atoms with Gasteiger partial charge in [-0.1, -0.05) is 130 Å². The van der Waals surface area contributed by atoms with Gasteiger partial charge in [-0.3, -0.25) is 4.79 Å². The second kappa shape index (κ2) is 28.5. The molecule has 0 rings (SSSR count). The Kier molecular flexibility index (Phi) is 29.9. The molecular formula is C29H61NO2. The molecule has 0 aliphatic carbocycles. The number of nitrogens with one attached hydrogen (secondary N) is 1. The number of hydrogen-bond acceptors (Lipinski definition) is 2. The summed E-state index contributed by atoms with van der Waals surface area (Å²) in [5.41, 5.74) is 0. The second-order valence-electron chi connectivity index (χ2n) is 9.99. The molecule has 0 fully saturated rings. The Morgan fingerprint density at radius 1 is 0.562 bits per heavy atom. The zero-order chi connectivity index (χ0) is 24.3. The van der Waals surface area contributed by atoms with E-state index in [0.29, 0.717) is 18.5 Å². The van der Waals surface area contributed by atoms with Crippen LogP contribution in [0, 0.1) is 0 Å². The molecule has 0 saturated carbocycles. The average Bonchev–Trinajstić information content (AvgIpc) is 2.76. The van der Waals surface area contributed by atoms with Crippen molar-refractivity contribution in [1.82, 2.24) is 5.32 Å². The molecule has 0 aliphatic heterocycles. The van der Waals surface area contributed by atoms with Crippen LogP contribution in [0.3, 0.4) is 0 Å². The largest absolute Gasteiger partial charge is 0.481 e. The topological polar surface area (TPSA) is 49.3 Å².